The Bertz CT molecular complexity index is 289. The molecule has 1 aromatic rings. The fourth-order valence-corrected chi connectivity index (χ4v) is 1.33. The van der Waals surface area contributed by atoms with E-state index in [2.05, 4.69) is 24.0 Å². The molecule has 1 heterocycles. The monoisotopic (exact) mass is 227 g/mol. The molecule has 0 unspecified atom stereocenters. The van der Waals surface area contributed by atoms with Gasteiger partial charge in [0.2, 0.25) is 5.89 Å². The molecule has 0 aliphatic rings. The Kier molecular flexibility index (Phi) is 6.03. The van der Waals surface area contributed by atoms with Gasteiger partial charge in [0.25, 0.3) is 0 Å². The van der Waals surface area contributed by atoms with E-state index in [1.54, 1.807) is 0 Å². The Morgan fingerprint density at radius 3 is 2.88 bits per heavy atom. The molecule has 0 radical (unpaired) electrons. The Morgan fingerprint density at radius 2 is 2.19 bits per heavy atom. The first-order chi connectivity index (χ1) is 7.77. The van der Waals surface area contributed by atoms with Crippen LogP contribution in [-0.2, 0) is 11.3 Å². The van der Waals surface area contributed by atoms with Gasteiger partial charge < -0.3 is 15.0 Å². The van der Waals surface area contributed by atoms with E-state index in [-0.39, 0.29) is 6.04 Å². The maximum absolute atomic E-state index is 5.91. The zero-order chi connectivity index (χ0) is 11.8. The summed E-state index contributed by atoms with van der Waals surface area (Å²) in [7, 11) is 0. The molecule has 92 valence electrons. The summed E-state index contributed by atoms with van der Waals surface area (Å²) >= 11 is 0. The zero-order valence-corrected chi connectivity index (χ0v) is 10.1. The largest absolute Gasteiger partial charge is 0.373 e. The van der Waals surface area contributed by atoms with Crippen LogP contribution in [0.15, 0.2) is 4.52 Å². The van der Waals surface area contributed by atoms with Crippen LogP contribution in [0.25, 0.3) is 0 Å². The van der Waals surface area contributed by atoms with E-state index in [1.807, 2.05) is 0 Å². The Labute approximate surface area is 96.4 Å². The second kappa shape index (κ2) is 7.35. The average molecular weight is 227 g/mol. The van der Waals surface area contributed by atoms with Gasteiger partial charge in [-0.05, 0) is 12.8 Å². The van der Waals surface area contributed by atoms with Gasteiger partial charge in [-0.15, -0.1) is 0 Å². The molecule has 2 N–H and O–H groups in total. The van der Waals surface area contributed by atoms with E-state index in [1.165, 1.54) is 0 Å². The molecule has 0 saturated carbocycles. The summed E-state index contributed by atoms with van der Waals surface area (Å²) in [6.07, 6.45) is 4.06. The Hall–Kier alpha value is -0.940. The fraction of sp³-hybridized carbons (Fsp3) is 0.818. The summed E-state index contributed by atoms with van der Waals surface area (Å²) in [6.45, 7) is 5.30. The first-order valence-electron chi connectivity index (χ1n) is 5.93. The summed E-state index contributed by atoms with van der Waals surface area (Å²) in [5, 5.41) is 3.83. The highest BCUT2D eigenvalue weighted by Gasteiger charge is 2.13. The van der Waals surface area contributed by atoms with Crippen molar-refractivity contribution in [2.75, 3.05) is 6.61 Å². The highest BCUT2D eigenvalue weighted by atomic mass is 16.5. The van der Waals surface area contributed by atoms with Crippen molar-refractivity contribution in [2.45, 2.75) is 52.2 Å². The van der Waals surface area contributed by atoms with Crippen LogP contribution in [0.4, 0.5) is 0 Å². The molecular weight excluding hydrogens is 206 g/mol. The molecule has 16 heavy (non-hydrogen) atoms. The standard InChI is InChI=1S/C11H21N3O2/c1-3-5-6-9(12)11-13-10(14-16-11)8-15-7-4-2/h9H,3-8,12H2,1-2H3/t9-/m0/s1. The van der Waals surface area contributed by atoms with Gasteiger partial charge in [-0.25, -0.2) is 0 Å². The second-order valence-corrected chi connectivity index (χ2v) is 3.85. The minimum Gasteiger partial charge on any atom is -0.373 e. The number of hydrogen-bond donors (Lipinski definition) is 1. The molecule has 5 nitrogen and oxygen atoms in total. The third kappa shape index (κ3) is 4.28. The van der Waals surface area contributed by atoms with Crippen molar-refractivity contribution in [2.24, 2.45) is 5.73 Å². The Balaban J connectivity index is 2.37. The molecule has 0 spiro atoms. The topological polar surface area (TPSA) is 74.2 Å². The van der Waals surface area contributed by atoms with Crippen LogP contribution in [0.5, 0.6) is 0 Å². The number of aromatic nitrogens is 2. The second-order valence-electron chi connectivity index (χ2n) is 3.85. The average Bonchev–Trinajstić information content (AvgIpc) is 2.75. The molecule has 0 amide bonds. The van der Waals surface area contributed by atoms with Crippen molar-refractivity contribution >= 4 is 0 Å². The third-order valence-electron chi connectivity index (χ3n) is 2.25. The predicted molar refractivity (Wildman–Crippen MR) is 60.7 cm³/mol. The van der Waals surface area contributed by atoms with E-state index in [0.29, 0.717) is 24.9 Å². The summed E-state index contributed by atoms with van der Waals surface area (Å²) in [4.78, 5) is 4.21. The fourth-order valence-electron chi connectivity index (χ4n) is 1.33. The van der Waals surface area contributed by atoms with Gasteiger partial charge in [0.1, 0.15) is 6.61 Å². The minimum atomic E-state index is -0.146. The minimum absolute atomic E-state index is 0.146. The van der Waals surface area contributed by atoms with Crippen molar-refractivity contribution in [1.82, 2.24) is 10.1 Å². The molecule has 0 fully saturated rings. The molecule has 1 atom stereocenters. The predicted octanol–water partition coefficient (Wildman–Crippen LogP) is 2.19. The van der Waals surface area contributed by atoms with Gasteiger partial charge in [-0.3, -0.25) is 0 Å². The molecule has 0 aromatic carbocycles. The smallest absolute Gasteiger partial charge is 0.243 e. The van der Waals surface area contributed by atoms with Gasteiger partial charge in [0, 0.05) is 6.61 Å². The molecule has 1 aromatic heterocycles. The summed E-state index contributed by atoms with van der Waals surface area (Å²) in [6, 6.07) is -0.146. The Morgan fingerprint density at radius 1 is 1.38 bits per heavy atom. The van der Waals surface area contributed by atoms with Gasteiger partial charge in [-0.1, -0.05) is 31.8 Å². The van der Waals surface area contributed by atoms with Gasteiger partial charge in [-0.2, -0.15) is 4.98 Å². The number of nitrogens with two attached hydrogens (primary N) is 1. The van der Waals surface area contributed by atoms with Crippen LogP contribution < -0.4 is 5.73 Å². The van der Waals surface area contributed by atoms with Crippen LogP contribution >= 0.6 is 0 Å². The van der Waals surface area contributed by atoms with E-state index in [4.69, 9.17) is 15.0 Å². The van der Waals surface area contributed by atoms with Crippen molar-refractivity contribution < 1.29 is 9.26 Å². The summed E-state index contributed by atoms with van der Waals surface area (Å²) < 4.78 is 10.4. The van der Waals surface area contributed by atoms with Crippen LogP contribution in [0.1, 0.15) is 57.3 Å². The lowest BCUT2D eigenvalue weighted by Gasteiger charge is -2.03. The number of hydrogen-bond acceptors (Lipinski definition) is 5. The van der Waals surface area contributed by atoms with E-state index in [9.17, 15) is 0 Å². The maximum atomic E-state index is 5.91. The summed E-state index contributed by atoms with van der Waals surface area (Å²) in [5.74, 6) is 1.10. The summed E-state index contributed by atoms with van der Waals surface area (Å²) in [5.41, 5.74) is 5.91. The third-order valence-corrected chi connectivity index (χ3v) is 2.25. The van der Waals surface area contributed by atoms with Crippen LogP contribution in [-0.4, -0.2) is 16.7 Å². The number of unbranched alkanes of at least 4 members (excludes halogenated alkanes) is 1. The highest BCUT2D eigenvalue weighted by Crippen LogP contribution is 2.14. The first-order valence-corrected chi connectivity index (χ1v) is 5.93. The lowest BCUT2D eigenvalue weighted by atomic mass is 10.1. The van der Waals surface area contributed by atoms with Gasteiger partial charge in [0.15, 0.2) is 5.82 Å². The lowest BCUT2D eigenvalue weighted by molar-refractivity contribution is 0.114. The maximum Gasteiger partial charge on any atom is 0.243 e. The first kappa shape index (κ1) is 13.1. The van der Waals surface area contributed by atoms with E-state index in [0.717, 1.165) is 25.7 Å². The normalized spacial score (nSPS) is 12.9. The molecular formula is C11H21N3O2. The van der Waals surface area contributed by atoms with Gasteiger partial charge in [0.05, 0.1) is 6.04 Å². The zero-order valence-electron chi connectivity index (χ0n) is 10.1. The highest BCUT2D eigenvalue weighted by molar-refractivity contribution is 4.90. The number of nitrogens with zero attached hydrogens (tertiary/aromatic N) is 2. The van der Waals surface area contributed by atoms with Crippen LogP contribution in [0, 0.1) is 0 Å². The van der Waals surface area contributed by atoms with Crippen LogP contribution in [0.2, 0.25) is 0 Å². The number of rotatable bonds is 8. The molecule has 1 rings (SSSR count). The van der Waals surface area contributed by atoms with Gasteiger partial charge >= 0.3 is 0 Å². The van der Waals surface area contributed by atoms with Crippen molar-refractivity contribution in [3.8, 4) is 0 Å². The van der Waals surface area contributed by atoms with Crippen LogP contribution in [0.3, 0.4) is 0 Å². The van der Waals surface area contributed by atoms with E-state index < -0.39 is 0 Å². The number of ether oxygens (including phenoxy) is 1. The molecule has 0 bridgehead atoms. The quantitative estimate of drug-likeness (QED) is 0.689. The van der Waals surface area contributed by atoms with Crippen molar-refractivity contribution in [3.63, 3.8) is 0 Å². The molecule has 0 aliphatic heterocycles. The molecule has 0 aliphatic carbocycles. The molecule has 5 heteroatoms. The lowest BCUT2D eigenvalue weighted by Crippen LogP contribution is -2.10. The van der Waals surface area contributed by atoms with E-state index >= 15 is 0 Å². The van der Waals surface area contributed by atoms with Crippen molar-refractivity contribution in [3.05, 3.63) is 11.7 Å². The molecule has 0 saturated heterocycles. The van der Waals surface area contributed by atoms with Crippen molar-refractivity contribution in [1.29, 1.82) is 0 Å². The SMILES string of the molecule is CCCC[C@H](N)c1nc(COCCC)no1.